The fraction of sp³-hybridized carbons (Fsp3) is 0.143. The van der Waals surface area contributed by atoms with E-state index in [1.165, 1.54) is 0 Å². The number of nitrogens with zero attached hydrogens (tertiary/aromatic N) is 5. The van der Waals surface area contributed by atoms with Crippen molar-refractivity contribution in [2.45, 2.75) is 13.8 Å². The summed E-state index contributed by atoms with van der Waals surface area (Å²) in [6.07, 6.45) is 9.29. The molecule has 2 heterocycles. The smallest absolute Gasteiger partial charge is 0.251 e. The number of nitrogens with two attached hydrogens (primary N) is 1. The van der Waals surface area contributed by atoms with Crippen LogP contribution in [-0.2, 0) is 4.79 Å². The van der Waals surface area contributed by atoms with Crippen LogP contribution in [0.1, 0.15) is 24.2 Å². The lowest BCUT2D eigenvalue weighted by molar-refractivity contribution is -0.117. The van der Waals surface area contributed by atoms with E-state index in [-0.39, 0.29) is 6.54 Å². The van der Waals surface area contributed by atoms with E-state index in [0.29, 0.717) is 28.4 Å². The number of carbonyl (C=O) groups is 2. The van der Waals surface area contributed by atoms with E-state index in [4.69, 9.17) is 5.73 Å². The molecule has 32 heavy (non-hydrogen) atoms. The molecule has 3 aromatic rings. The van der Waals surface area contributed by atoms with E-state index in [9.17, 15) is 9.59 Å². The number of anilines is 2. The molecule has 10 nitrogen and oxygen atoms in total. The molecule has 1 unspecified atom stereocenters. The molecule has 2 amide bonds. The van der Waals surface area contributed by atoms with Crippen molar-refractivity contribution in [2.24, 2.45) is 5.73 Å². The number of amides is 2. The molecule has 0 fully saturated rings. The van der Waals surface area contributed by atoms with Crippen LogP contribution in [0.3, 0.4) is 0 Å². The molecular weight excluding hydrogens is 427 g/mol. The van der Waals surface area contributed by atoms with E-state index >= 15 is 0 Å². The Morgan fingerprint density at radius 1 is 1.28 bits per heavy atom. The van der Waals surface area contributed by atoms with Crippen LogP contribution in [0.25, 0.3) is 16.9 Å². The summed E-state index contributed by atoms with van der Waals surface area (Å²) in [6.45, 7) is 3.62. The van der Waals surface area contributed by atoms with Crippen LogP contribution >= 0.6 is 9.24 Å². The number of rotatable bonds is 8. The molecule has 0 aliphatic heterocycles. The highest BCUT2D eigenvalue weighted by Crippen LogP contribution is 2.21. The van der Waals surface area contributed by atoms with Gasteiger partial charge in [-0.1, -0.05) is 23.4 Å². The summed E-state index contributed by atoms with van der Waals surface area (Å²) in [5.41, 5.74) is 7.88. The Kier molecular flexibility index (Phi) is 7.41. The number of primary amides is 1. The fourth-order valence-electron chi connectivity index (χ4n) is 2.70. The van der Waals surface area contributed by atoms with Crippen molar-refractivity contribution in [1.82, 2.24) is 30.3 Å². The fourth-order valence-corrected chi connectivity index (χ4v) is 2.87. The predicted molar refractivity (Wildman–Crippen MR) is 127 cm³/mol. The molecular formula is C21H23N8O2P. The molecule has 0 aliphatic rings. The van der Waals surface area contributed by atoms with Crippen molar-refractivity contribution < 1.29 is 9.59 Å². The summed E-state index contributed by atoms with van der Waals surface area (Å²) in [6, 6.07) is 6.72. The number of allylic oxidation sites excluding steroid dienone is 6. The second kappa shape index (κ2) is 10.4. The maximum atomic E-state index is 12.2. The van der Waals surface area contributed by atoms with E-state index in [1.807, 2.05) is 38.2 Å². The van der Waals surface area contributed by atoms with Gasteiger partial charge in [-0.3, -0.25) is 9.59 Å². The predicted octanol–water partition coefficient (Wildman–Crippen LogP) is 2.38. The largest absolute Gasteiger partial charge is 0.368 e. The van der Waals surface area contributed by atoms with Crippen LogP contribution in [0.5, 0.6) is 0 Å². The zero-order valence-electron chi connectivity index (χ0n) is 17.6. The molecule has 2 aromatic heterocycles. The van der Waals surface area contributed by atoms with Crippen LogP contribution in [0.15, 0.2) is 60.1 Å². The molecule has 3 rings (SSSR count). The van der Waals surface area contributed by atoms with E-state index in [0.717, 1.165) is 11.0 Å². The van der Waals surface area contributed by atoms with Gasteiger partial charge in [-0.25, -0.2) is 4.98 Å². The lowest BCUT2D eigenvalue weighted by atomic mass is 10.2. The highest BCUT2D eigenvalue weighted by atomic mass is 31.0. The molecule has 0 saturated carbocycles. The lowest BCUT2D eigenvalue weighted by Gasteiger charge is -2.08. The maximum Gasteiger partial charge on any atom is 0.251 e. The van der Waals surface area contributed by atoms with Gasteiger partial charge in [-0.15, -0.1) is 14.3 Å². The normalized spacial score (nSPS) is 12.3. The molecule has 0 saturated heterocycles. The van der Waals surface area contributed by atoms with Gasteiger partial charge in [-0.05, 0) is 49.5 Å². The Bertz CT molecular complexity index is 1250. The first kappa shape index (κ1) is 22.8. The Balaban J connectivity index is 1.91. The molecule has 0 radical (unpaired) electrons. The SMILES string of the molecule is C\C=C/C(=C\C(P)=C/C)n1nnc2cnc(Nc3cccc(C(=O)NCC(N)=O)c3)nc21. The number of benzene rings is 1. The van der Waals surface area contributed by atoms with Gasteiger partial charge in [0.1, 0.15) is 0 Å². The zero-order chi connectivity index (χ0) is 23.1. The third-order valence-electron chi connectivity index (χ3n) is 4.23. The number of hydrogen-bond donors (Lipinski definition) is 3. The second-order valence-electron chi connectivity index (χ2n) is 6.62. The first-order valence-corrected chi connectivity index (χ1v) is 10.3. The highest BCUT2D eigenvalue weighted by molar-refractivity contribution is 7.23. The van der Waals surface area contributed by atoms with Crippen molar-refractivity contribution in [3.63, 3.8) is 0 Å². The van der Waals surface area contributed by atoms with Crippen LogP contribution < -0.4 is 16.4 Å². The van der Waals surface area contributed by atoms with Crippen LogP contribution in [0.2, 0.25) is 0 Å². The standard InChI is InChI=1S/C21H23N8O2P/c1-3-6-15(10-16(32)4-2)29-19-17(27-28-29)11-24-21(26-19)25-14-8-5-7-13(9-14)20(31)23-12-18(22)30/h3-11H,12,32H2,1-2H3,(H2,22,30)(H,23,31)(H,24,25,26)/b6-3-,15-10+,16-4+. The Morgan fingerprint density at radius 3 is 2.81 bits per heavy atom. The number of carbonyl (C=O) groups excluding carboxylic acids is 2. The van der Waals surface area contributed by atoms with E-state index in [1.54, 1.807) is 35.1 Å². The number of aromatic nitrogens is 5. The number of fused-ring (bicyclic) bond motifs is 1. The topological polar surface area (TPSA) is 141 Å². The van der Waals surface area contributed by atoms with E-state index in [2.05, 4.69) is 40.2 Å². The molecule has 11 heteroatoms. The molecule has 164 valence electrons. The van der Waals surface area contributed by atoms with Gasteiger partial charge < -0.3 is 16.4 Å². The summed E-state index contributed by atoms with van der Waals surface area (Å²) in [5.74, 6) is -0.716. The monoisotopic (exact) mass is 450 g/mol. The lowest BCUT2D eigenvalue weighted by Crippen LogP contribution is -2.33. The van der Waals surface area contributed by atoms with Gasteiger partial charge in [0.05, 0.1) is 18.4 Å². The number of nitrogens with one attached hydrogen (secondary N) is 2. The minimum atomic E-state index is -0.617. The summed E-state index contributed by atoms with van der Waals surface area (Å²) < 4.78 is 1.63. The van der Waals surface area contributed by atoms with Crippen molar-refractivity contribution in [3.8, 4) is 0 Å². The van der Waals surface area contributed by atoms with Crippen molar-refractivity contribution in [3.05, 3.63) is 65.6 Å². The first-order chi connectivity index (χ1) is 15.4. The van der Waals surface area contributed by atoms with Gasteiger partial charge in [0.25, 0.3) is 5.91 Å². The van der Waals surface area contributed by atoms with Gasteiger partial charge in [0, 0.05) is 11.3 Å². The third-order valence-corrected chi connectivity index (χ3v) is 4.73. The molecule has 4 N–H and O–H groups in total. The molecule has 0 aliphatic carbocycles. The average molecular weight is 450 g/mol. The van der Waals surface area contributed by atoms with Gasteiger partial charge in [-0.2, -0.15) is 9.67 Å². The quantitative estimate of drug-likeness (QED) is 0.353. The van der Waals surface area contributed by atoms with Crippen LogP contribution in [-0.4, -0.2) is 43.3 Å². The Hall–Kier alpha value is -3.91. The van der Waals surface area contributed by atoms with Crippen molar-refractivity contribution in [2.75, 3.05) is 11.9 Å². The van der Waals surface area contributed by atoms with Crippen LogP contribution in [0, 0.1) is 0 Å². The van der Waals surface area contributed by atoms with E-state index < -0.39 is 11.8 Å². The minimum Gasteiger partial charge on any atom is -0.368 e. The van der Waals surface area contributed by atoms with Gasteiger partial charge >= 0.3 is 0 Å². The Labute approximate surface area is 186 Å². The summed E-state index contributed by atoms with van der Waals surface area (Å²) in [4.78, 5) is 31.9. The molecule has 0 spiro atoms. The number of hydrogen-bond acceptors (Lipinski definition) is 7. The maximum absolute atomic E-state index is 12.2. The molecule has 1 aromatic carbocycles. The molecule has 0 bridgehead atoms. The highest BCUT2D eigenvalue weighted by Gasteiger charge is 2.12. The molecule has 1 atom stereocenters. The van der Waals surface area contributed by atoms with Gasteiger partial charge in [0.2, 0.25) is 11.9 Å². The Morgan fingerprint density at radius 2 is 2.09 bits per heavy atom. The summed E-state index contributed by atoms with van der Waals surface area (Å²) in [5, 5.41) is 14.9. The first-order valence-electron chi connectivity index (χ1n) is 9.70. The zero-order valence-corrected chi connectivity index (χ0v) is 18.8. The minimum absolute atomic E-state index is 0.236. The third kappa shape index (κ3) is 5.61. The van der Waals surface area contributed by atoms with Gasteiger partial charge in [0.15, 0.2) is 11.2 Å². The average Bonchev–Trinajstić information content (AvgIpc) is 3.20. The summed E-state index contributed by atoms with van der Waals surface area (Å²) >= 11 is 0. The van der Waals surface area contributed by atoms with Crippen molar-refractivity contribution in [1.29, 1.82) is 0 Å². The van der Waals surface area contributed by atoms with Crippen molar-refractivity contribution >= 4 is 49.6 Å². The van der Waals surface area contributed by atoms with Crippen LogP contribution in [0.4, 0.5) is 11.6 Å². The summed E-state index contributed by atoms with van der Waals surface area (Å²) in [7, 11) is 2.66. The second-order valence-corrected chi connectivity index (χ2v) is 7.28.